The van der Waals surface area contributed by atoms with Gasteiger partial charge in [-0.05, 0) is 30.7 Å². The predicted molar refractivity (Wildman–Crippen MR) is 90.7 cm³/mol. The molecule has 0 saturated carbocycles. The van der Waals surface area contributed by atoms with Gasteiger partial charge < -0.3 is 10.2 Å². The van der Waals surface area contributed by atoms with E-state index in [4.69, 9.17) is 0 Å². The van der Waals surface area contributed by atoms with Crippen LogP contribution in [-0.4, -0.2) is 45.5 Å². The lowest BCUT2D eigenvalue weighted by Crippen LogP contribution is -2.39. The number of hydrogen-bond acceptors (Lipinski definition) is 6. The molecule has 0 unspecified atom stereocenters. The van der Waals surface area contributed by atoms with Crippen molar-refractivity contribution in [3.63, 3.8) is 0 Å². The highest BCUT2D eigenvalue weighted by Crippen LogP contribution is 2.20. The second-order valence-electron chi connectivity index (χ2n) is 6.01. The summed E-state index contributed by atoms with van der Waals surface area (Å²) in [7, 11) is 0. The van der Waals surface area contributed by atoms with Crippen LogP contribution >= 0.6 is 0 Å². The maximum Gasteiger partial charge on any atom is 0.254 e. The van der Waals surface area contributed by atoms with Crippen molar-refractivity contribution >= 4 is 11.9 Å². The number of anilines is 1. The molecule has 1 amide bonds. The SMILES string of the molecule is CCc1cnc(N2CCC(CNC(=O)c3cncnc3)CC2)nc1. The maximum absolute atomic E-state index is 12.0. The van der Waals surface area contributed by atoms with Crippen molar-refractivity contribution in [3.05, 3.63) is 42.2 Å². The van der Waals surface area contributed by atoms with Crippen molar-refractivity contribution in [2.45, 2.75) is 26.2 Å². The van der Waals surface area contributed by atoms with E-state index in [1.54, 1.807) is 0 Å². The number of rotatable bonds is 5. The zero-order valence-electron chi connectivity index (χ0n) is 13.9. The number of amides is 1. The molecular formula is C17H22N6O. The lowest BCUT2D eigenvalue weighted by Gasteiger charge is -2.32. The van der Waals surface area contributed by atoms with Crippen LogP contribution < -0.4 is 10.2 Å². The fraction of sp³-hybridized carbons (Fsp3) is 0.471. The second-order valence-corrected chi connectivity index (χ2v) is 6.01. The Kier molecular flexibility index (Phi) is 5.30. The van der Waals surface area contributed by atoms with Crippen LogP contribution in [0.2, 0.25) is 0 Å². The molecule has 0 aromatic carbocycles. The van der Waals surface area contributed by atoms with E-state index in [9.17, 15) is 4.79 Å². The summed E-state index contributed by atoms with van der Waals surface area (Å²) in [5, 5.41) is 2.97. The number of nitrogens with zero attached hydrogens (tertiary/aromatic N) is 5. The van der Waals surface area contributed by atoms with Crippen molar-refractivity contribution in [2.75, 3.05) is 24.5 Å². The molecule has 7 nitrogen and oxygen atoms in total. The first kappa shape index (κ1) is 16.3. The minimum atomic E-state index is -0.114. The standard InChI is InChI=1S/C17H22N6O/c1-2-13-7-21-17(22-8-13)23-5-3-14(4-6-23)9-20-16(24)15-10-18-12-19-11-15/h7-8,10-12,14H,2-6,9H2,1H3,(H,20,24). The molecule has 3 rings (SSSR count). The Bertz CT molecular complexity index is 653. The molecule has 0 bridgehead atoms. The third-order valence-corrected chi connectivity index (χ3v) is 4.37. The van der Waals surface area contributed by atoms with E-state index < -0.39 is 0 Å². The zero-order chi connectivity index (χ0) is 16.8. The Morgan fingerprint density at radius 2 is 1.83 bits per heavy atom. The van der Waals surface area contributed by atoms with Gasteiger partial charge in [-0.25, -0.2) is 19.9 Å². The molecule has 126 valence electrons. The van der Waals surface area contributed by atoms with Crippen LogP contribution in [0, 0.1) is 5.92 Å². The number of aryl methyl sites for hydroxylation is 1. The second kappa shape index (κ2) is 7.81. The maximum atomic E-state index is 12.0. The topological polar surface area (TPSA) is 83.9 Å². The molecule has 1 N–H and O–H groups in total. The smallest absolute Gasteiger partial charge is 0.254 e. The van der Waals surface area contributed by atoms with Gasteiger partial charge in [-0.1, -0.05) is 6.92 Å². The van der Waals surface area contributed by atoms with Crippen molar-refractivity contribution in [1.29, 1.82) is 0 Å². The predicted octanol–water partition coefficient (Wildman–Crippen LogP) is 1.48. The number of hydrogen-bond donors (Lipinski definition) is 1. The molecule has 2 aromatic rings. The van der Waals surface area contributed by atoms with Gasteiger partial charge in [-0.2, -0.15) is 0 Å². The summed E-state index contributed by atoms with van der Waals surface area (Å²) < 4.78 is 0. The monoisotopic (exact) mass is 326 g/mol. The summed E-state index contributed by atoms with van der Waals surface area (Å²) >= 11 is 0. The summed E-state index contributed by atoms with van der Waals surface area (Å²) in [4.78, 5) is 30.8. The van der Waals surface area contributed by atoms with Gasteiger partial charge in [0.1, 0.15) is 6.33 Å². The summed E-state index contributed by atoms with van der Waals surface area (Å²) in [6.45, 7) is 4.61. The van der Waals surface area contributed by atoms with Crippen LogP contribution in [0.15, 0.2) is 31.1 Å². The van der Waals surface area contributed by atoms with E-state index >= 15 is 0 Å². The minimum absolute atomic E-state index is 0.114. The summed E-state index contributed by atoms with van der Waals surface area (Å²) in [6, 6.07) is 0. The van der Waals surface area contributed by atoms with Gasteiger partial charge >= 0.3 is 0 Å². The van der Waals surface area contributed by atoms with Gasteiger partial charge in [-0.15, -0.1) is 0 Å². The van der Waals surface area contributed by atoms with Crippen molar-refractivity contribution in [3.8, 4) is 0 Å². The van der Waals surface area contributed by atoms with Crippen LogP contribution in [-0.2, 0) is 6.42 Å². The molecule has 0 atom stereocenters. The van der Waals surface area contributed by atoms with Crippen molar-refractivity contribution in [1.82, 2.24) is 25.3 Å². The van der Waals surface area contributed by atoms with Crippen molar-refractivity contribution in [2.24, 2.45) is 5.92 Å². The third-order valence-electron chi connectivity index (χ3n) is 4.37. The Morgan fingerprint density at radius 3 is 2.46 bits per heavy atom. The van der Waals surface area contributed by atoms with Gasteiger partial charge in [-0.3, -0.25) is 4.79 Å². The quantitative estimate of drug-likeness (QED) is 0.896. The van der Waals surface area contributed by atoms with E-state index in [-0.39, 0.29) is 5.91 Å². The minimum Gasteiger partial charge on any atom is -0.352 e. The molecule has 0 aliphatic carbocycles. The highest BCUT2D eigenvalue weighted by Gasteiger charge is 2.21. The number of aromatic nitrogens is 4. The summed E-state index contributed by atoms with van der Waals surface area (Å²) in [5.74, 6) is 1.16. The number of piperidine rings is 1. The van der Waals surface area contributed by atoms with Gasteiger partial charge in [0.15, 0.2) is 0 Å². The average molecular weight is 326 g/mol. The van der Waals surface area contributed by atoms with Gasteiger partial charge in [0, 0.05) is 44.4 Å². The van der Waals surface area contributed by atoms with Crippen LogP contribution in [0.4, 0.5) is 5.95 Å². The molecule has 1 saturated heterocycles. The lowest BCUT2D eigenvalue weighted by molar-refractivity contribution is 0.0944. The number of carbonyl (C=O) groups is 1. The molecule has 2 aromatic heterocycles. The summed E-state index contributed by atoms with van der Waals surface area (Å²) in [5.41, 5.74) is 1.65. The Morgan fingerprint density at radius 1 is 1.17 bits per heavy atom. The molecule has 3 heterocycles. The molecule has 1 aliphatic rings. The first-order valence-corrected chi connectivity index (χ1v) is 8.35. The van der Waals surface area contributed by atoms with Gasteiger partial charge in [0.25, 0.3) is 5.91 Å². The average Bonchev–Trinajstić information content (AvgIpc) is 2.67. The first-order valence-electron chi connectivity index (χ1n) is 8.35. The fourth-order valence-electron chi connectivity index (χ4n) is 2.79. The van der Waals surface area contributed by atoms with Crippen LogP contribution in [0.3, 0.4) is 0 Å². The third kappa shape index (κ3) is 4.04. The van der Waals surface area contributed by atoms with E-state index in [0.29, 0.717) is 18.0 Å². The van der Waals surface area contributed by atoms with Gasteiger partial charge in [0.05, 0.1) is 5.56 Å². The Balaban J connectivity index is 1.46. The highest BCUT2D eigenvalue weighted by molar-refractivity contribution is 5.93. The van der Waals surface area contributed by atoms with Crippen LogP contribution in [0.25, 0.3) is 0 Å². The molecule has 1 aliphatic heterocycles. The fourth-order valence-corrected chi connectivity index (χ4v) is 2.79. The van der Waals surface area contributed by atoms with Gasteiger partial charge in [0.2, 0.25) is 5.95 Å². The zero-order valence-corrected chi connectivity index (χ0v) is 13.9. The van der Waals surface area contributed by atoms with Crippen molar-refractivity contribution < 1.29 is 4.79 Å². The molecule has 1 fully saturated rings. The van der Waals surface area contributed by atoms with E-state index in [2.05, 4.69) is 37.1 Å². The van der Waals surface area contributed by atoms with E-state index in [1.165, 1.54) is 18.7 Å². The normalized spacial score (nSPS) is 15.3. The Labute approximate surface area is 141 Å². The summed E-state index contributed by atoms with van der Waals surface area (Å²) in [6.07, 6.45) is 11.3. The van der Waals surface area contributed by atoms with Crippen LogP contribution in [0.5, 0.6) is 0 Å². The molecular weight excluding hydrogens is 304 g/mol. The number of nitrogens with one attached hydrogen (secondary N) is 1. The van der Waals surface area contributed by atoms with E-state index in [1.807, 2.05) is 12.4 Å². The van der Waals surface area contributed by atoms with Crippen LogP contribution in [0.1, 0.15) is 35.7 Å². The highest BCUT2D eigenvalue weighted by atomic mass is 16.1. The molecule has 0 spiro atoms. The van der Waals surface area contributed by atoms with E-state index in [0.717, 1.165) is 43.9 Å². The molecule has 24 heavy (non-hydrogen) atoms. The molecule has 0 radical (unpaired) electrons. The Hall–Kier alpha value is -2.57. The largest absolute Gasteiger partial charge is 0.352 e. The number of carbonyl (C=O) groups excluding carboxylic acids is 1. The first-order chi connectivity index (χ1) is 11.8. The molecule has 7 heteroatoms. The lowest BCUT2D eigenvalue weighted by atomic mass is 9.97.